The maximum atomic E-state index is 10.9. The molecule has 62 valence electrons. The van der Waals surface area contributed by atoms with Gasteiger partial charge < -0.3 is 4.90 Å². The van der Waals surface area contributed by atoms with Gasteiger partial charge in [0.05, 0.1) is 0 Å². The van der Waals surface area contributed by atoms with E-state index in [-0.39, 0.29) is 5.91 Å². The Morgan fingerprint density at radius 3 is 2.64 bits per heavy atom. The van der Waals surface area contributed by atoms with E-state index in [1.807, 2.05) is 6.92 Å². The standard InChI is InChI=1S/C9H15NO/c1-4-6-8-10(7-5-2)9(3)11/h4,6,8H,1,5,7H2,2-3H3/b8-6+. The summed E-state index contributed by atoms with van der Waals surface area (Å²) in [4.78, 5) is 12.5. The Morgan fingerprint density at radius 2 is 2.27 bits per heavy atom. The summed E-state index contributed by atoms with van der Waals surface area (Å²) >= 11 is 0. The van der Waals surface area contributed by atoms with Gasteiger partial charge in [0.15, 0.2) is 0 Å². The Hall–Kier alpha value is -1.05. The van der Waals surface area contributed by atoms with Crippen molar-refractivity contribution in [3.8, 4) is 0 Å². The molecule has 0 saturated heterocycles. The molecule has 0 saturated carbocycles. The van der Waals surface area contributed by atoms with E-state index in [1.54, 1.807) is 30.2 Å². The molecule has 2 nitrogen and oxygen atoms in total. The van der Waals surface area contributed by atoms with Gasteiger partial charge in [-0.3, -0.25) is 4.79 Å². The van der Waals surface area contributed by atoms with Crippen molar-refractivity contribution >= 4 is 5.91 Å². The summed E-state index contributed by atoms with van der Waals surface area (Å²) in [6, 6.07) is 0. The lowest BCUT2D eigenvalue weighted by atomic mass is 10.4. The van der Waals surface area contributed by atoms with Crippen molar-refractivity contribution in [3.63, 3.8) is 0 Å². The minimum atomic E-state index is 0.0740. The Bertz CT molecular complexity index is 161. The zero-order chi connectivity index (χ0) is 8.69. The highest BCUT2D eigenvalue weighted by molar-refractivity contribution is 5.74. The van der Waals surface area contributed by atoms with E-state index in [0.29, 0.717) is 0 Å². The number of nitrogens with zero attached hydrogens (tertiary/aromatic N) is 1. The van der Waals surface area contributed by atoms with Gasteiger partial charge in [-0.1, -0.05) is 19.6 Å². The summed E-state index contributed by atoms with van der Waals surface area (Å²) in [5, 5.41) is 0. The topological polar surface area (TPSA) is 20.3 Å². The first kappa shape index (κ1) is 9.95. The van der Waals surface area contributed by atoms with Crippen molar-refractivity contribution in [3.05, 3.63) is 24.9 Å². The van der Waals surface area contributed by atoms with E-state index in [1.165, 1.54) is 0 Å². The predicted octanol–water partition coefficient (Wildman–Crippen LogP) is 1.94. The second-order valence-corrected chi connectivity index (χ2v) is 2.29. The molecule has 0 aliphatic carbocycles. The van der Waals surface area contributed by atoms with Gasteiger partial charge in [-0.15, -0.1) is 0 Å². The molecule has 0 aliphatic rings. The minimum Gasteiger partial charge on any atom is -0.319 e. The third-order valence-corrected chi connectivity index (χ3v) is 1.27. The molecule has 0 N–H and O–H groups in total. The molecule has 0 spiro atoms. The number of carbonyl (C=O) groups is 1. The number of carbonyl (C=O) groups excluding carboxylic acids is 1. The summed E-state index contributed by atoms with van der Waals surface area (Å²) in [5.74, 6) is 0.0740. The summed E-state index contributed by atoms with van der Waals surface area (Å²) in [5.41, 5.74) is 0. The molecule has 0 aliphatic heterocycles. The van der Waals surface area contributed by atoms with Crippen LogP contribution in [-0.2, 0) is 4.79 Å². The van der Waals surface area contributed by atoms with Crippen molar-refractivity contribution in [2.24, 2.45) is 0 Å². The number of hydrogen-bond acceptors (Lipinski definition) is 1. The average molecular weight is 153 g/mol. The zero-order valence-electron chi connectivity index (χ0n) is 7.21. The molecule has 1 amide bonds. The van der Waals surface area contributed by atoms with Gasteiger partial charge in [-0.25, -0.2) is 0 Å². The average Bonchev–Trinajstić information content (AvgIpc) is 1.97. The van der Waals surface area contributed by atoms with Gasteiger partial charge >= 0.3 is 0 Å². The summed E-state index contributed by atoms with van der Waals surface area (Å²) in [6.45, 7) is 7.90. The van der Waals surface area contributed by atoms with Crippen LogP contribution in [0.1, 0.15) is 20.3 Å². The molecule has 2 heteroatoms. The van der Waals surface area contributed by atoms with Crippen LogP contribution in [-0.4, -0.2) is 17.4 Å². The Labute approximate surface area is 68.2 Å². The monoisotopic (exact) mass is 153 g/mol. The summed E-state index contributed by atoms with van der Waals surface area (Å²) in [7, 11) is 0. The van der Waals surface area contributed by atoms with Gasteiger partial charge in [0.2, 0.25) is 5.91 Å². The van der Waals surface area contributed by atoms with Crippen molar-refractivity contribution in [1.29, 1.82) is 0 Å². The molecule has 0 rings (SSSR count). The Balaban J connectivity index is 3.98. The molecule has 0 bridgehead atoms. The summed E-state index contributed by atoms with van der Waals surface area (Å²) in [6.07, 6.45) is 6.14. The van der Waals surface area contributed by atoms with Gasteiger partial charge in [0, 0.05) is 19.7 Å². The highest BCUT2D eigenvalue weighted by Crippen LogP contribution is 1.93. The maximum Gasteiger partial charge on any atom is 0.223 e. The Kier molecular flexibility index (Phi) is 5.17. The third kappa shape index (κ3) is 4.37. The number of amides is 1. The van der Waals surface area contributed by atoms with Crippen LogP contribution in [0.2, 0.25) is 0 Å². The lowest BCUT2D eigenvalue weighted by Crippen LogP contribution is -2.23. The van der Waals surface area contributed by atoms with Crippen LogP contribution in [0.15, 0.2) is 24.9 Å². The van der Waals surface area contributed by atoms with E-state index < -0.39 is 0 Å². The van der Waals surface area contributed by atoms with Gasteiger partial charge in [-0.2, -0.15) is 0 Å². The van der Waals surface area contributed by atoms with Crippen LogP contribution in [0.25, 0.3) is 0 Å². The van der Waals surface area contributed by atoms with Crippen molar-refractivity contribution in [1.82, 2.24) is 4.90 Å². The lowest BCUT2D eigenvalue weighted by molar-refractivity contribution is -0.126. The minimum absolute atomic E-state index is 0.0740. The molecule has 0 aromatic heterocycles. The highest BCUT2D eigenvalue weighted by atomic mass is 16.2. The number of rotatable bonds is 4. The van der Waals surface area contributed by atoms with E-state index >= 15 is 0 Å². The fraction of sp³-hybridized carbons (Fsp3) is 0.444. The fourth-order valence-electron chi connectivity index (χ4n) is 0.743. The first-order valence-electron chi connectivity index (χ1n) is 3.78. The molecule has 0 atom stereocenters. The van der Waals surface area contributed by atoms with E-state index in [4.69, 9.17) is 0 Å². The predicted molar refractivity (Wildman–Crippen MR) is 47.0 cm³/mol. The lowest BCUT2D eigenvalue weighted by Gasteiger charge is -2.13. The maximum absolute atomic E-state index is 10.9. The molecule has 0 radical (unpaired) electrons. The molecule has 0 fully saturated rings. The van der Waals surface area contributed by atoms with Crippen LogP contribution in [0.5, 0.6) is 0 Å². The van der Waals surface area contributed by atoms with Crippen molar-refractivity contribution in [2.45, 2.75) is 20.3 Å². The highest BCUT2D eigenvalue weighted by Gasteiger charge is 2.00. The van der Waals surface area contributed by atoms with E-state index in [9.17, 15) is 4.79 Å². The number of hydrogen-bond donors (Lipinski definition) is 0. The SMILES string of the molecule is C=C/C=C/N(CCC)C(C)=O. The molecule has 11 heavy (non-hydrogen) atoms. The number of allylic oxidation sites excluding steroid dienone is 2. The normalized spacial score (nSPS) is 10.0. The molecular formula is C9H15NO. The smallest absolute Gasteiger partial charge is 0.223 e. The van der Waals surface area contributed by atoms with Gasteiger partial charge in [0.25, 0.3) is 0 Å². The van der Waals surface area contributed by atoms with Crippen molar-refractivity contribution < 1.29 is 4.79 Å². The zero-order valence-corrected chi connectivity index (χ0v) is 7.21. The van der Waals surface area contributed by atoms with Crippen molar-refractivity contribution in [2.75, 3.05) is 6.54 Å². The molecule has 0 aromatic rings. The van der Waals surface area contributed by atoms with Crippen LogP contribution in [0.4, 0.5) is 0 Å². The quantitative estimate of drug-likeness (QED) is 0.565. The molecular weight excluding hydrogens is 138 g/mol. The van der Waals surface area contributed by atoms with E-state index in [2.05, 4.69) is 6.58 Å². The Morgan fingerprint density at radius 1 is 1.64 bits per heavy atom. The second-order valence-electron chi connectivity index (χ2n) is 2.29. The summed E-state index contributed by atoms with van der Waals surface area (Å²) < 4.78 is 0. The van der Waals surface area contributed by atoms with Crippen LogP contribution in [0.3, 0.4) is 0 Å². The van der Waals surface area contributed by atoms with E-state index in [0.717, 1.165) is 13.0 Å². The molecule has 0 heterocycles. The first-order valence-corrected chi connectivity index (χ1v) is 3.78. The van der Waals surface area contributed by atoms with Crippen LogP contribution in [0, 0.1) is 0 Å². The molecule has 0 aromatic carbocycles. The second kappa shape index (κ2) is 5.71. The molecule has 0 unspecified atom stereocenters. The van der Waals surface area contributed by atoms with Gasteiger partial charge in [0.1, 0.15) is 0 Å². The largest absolute Gasteiger partial charge is 0.319 e. The first-order chi connectivity index (χ1) is 5.22. The van der Waals surface area contributed by atoms with Gasteiger partial charge in [-0.05, 0) is 12.5 Å². The van der Waals surface area contributed by atoms with Crippen LogP contribution >= 0.6 is 0 Å². The van der Waals surface area contributed by atoms with Crippen LogP contribution < -0.4 is 0 Å². The fourth-order valence-corrected chi connectivity index (χ4v) is 0.743. The third-order valence-electron chi connectivity index (χ3n) is 1.27.